The molecule has 5 rings (SSSR count). The molecule has 35 heavy (non-hydrogen) atoms. The Morgan fingerprint density at radius 1 is 0.914 bits per heavy atom. The summed E-state index contributed by atoms with van der Waals surface area (Å²) in [6.07, 6.45) is -1.91. The van der Waals surface area contributed by atoms with Crippen LogP contribution in [0.2, 0.25) is 0 Å². The Hall–Kier alpha value is -3.29. The Morgan fingerprint density at radius 2 is 1.60 bits per heavy atom. The smallest absolute Gasteiger partial charge is 0.368 e. The Balaban J connectivity index is 1.31. The van der Waals surface area contributed by atoms with E-state index in [1.165, 1.54) is 21.5 Å². The molecule has 0 N–H and O–H groups in total. The number of rotatable bonds is 3. The van der Waals surface area contributed by atoms with Crippen molar-refractivity contribution in [2.24, 2.45) is 0 Å². The number of nitrogens with zero attached hydrogens (tertiary/aromatic N) is 4. The van der Waals surface area contributed by atoms with Gasteiger partial charge >= 0.3 is 6.18 Å². The highest BCUT2D eigenvalue weighted by Crippen LogP contribution is 2.37. The van der Waals surface area contributed by atoms with Crippen molar-refractivity contribution in [1.29, 1.82) is 0 Å². The maximum Gasteiger partial charge on any atom is 0.435 e. The lowest BCUT2D eigenvalue weighted by molar-refractivity contribution is -0.142. The molecule has 0 radical (unpaired) electrons. The van der Waals surface area contributed by atoms with Crippen LogP contribution in [0.4, 0.5) is 18.9 Å². The topological polar surface area (TPSA) is 41.4 Å². The number of alkyl halides is 3. The standard InChI is InChI=1S/C27H29F3N4O/c1-18-6-5-9-23(19(18)2)32-14-16-33(17-15-32)26(35)20-10-12-21(13-11-20)34-24-8-4-3-7-22(24)25(31-34)27(28,29)30/h5-6,9-13H,3-4,7-8,14-17H2,1-2H3. The summed E-state index contributed by atoms with van der Waals surface area (Å²) < 4.78 is 42.0. The van der Waals surface area contributed by atoms with Gasteiger partial charge in [0, 0.05) is 48.7 Å². The van der Waals surface area contributed by atoms with Gasteiger partial charge in [0.25, 0.3) is 5.91 Å². The first-order valence-corrected chi connectivity index (χ1v) is 12.1. The van der Waals surface area contributed by atoms with Crippen molar-refractivity contribution in [3.63, 3.8) is 0 Å². The molecule has 1 fully saturated rings. The summed E-state index contributed by atoms with van der Waals surface area (Å²) in [4.78, 5) is 17.3. The molecule has 1 aliphatic heterocycles. The maximum absolute atomic E-state index is 13.5. The van der Waals surface area contributed by atoms with Gasteiger partial charge in [0.1, 0.15) is 0 Å². The summed E-state index contributed by atoms with van der Waals surface area (Å²) in [6.45, 7) is 6.98. The van der Waals surface area contributed by atoms with E-state index in [2.05, 4.69) is 42.0 Å². The lowest BCUT2D eigenvalue weighted by Crippen LogP contribution is -2.49. The van der Waals surface area contributed by atoms with Gasteiger partial charge in [0.2, 0.25) is 0 Å². The minimum absolute atomic E-state index is 0.0596. The van der Waals surface area contributed by atoms with E-state index in [1.54, 1.807) is 24.3 Å². The molecule has 1 aliphatic carbocycles. The molecule has 2 heterocycles. The quantitative estimate of drug-likeness (QED) is 0.506. The average Bonchev–Trinajstić information content (AvgIpc) is 3.26. The highest BCUT2D eigenvalue weighted by atomic mass is 19.4. The maximum atomic E-state index is 13.5. The molecule has 0 bridgehead atoms. The number of aromatic nitrogens is 2. The second-order valence-corrected chi connectivity index (χ2v) is 9.44. The van der Waals surface area contributed by atoms with Crippen LogP contribution in [0.25, 0.3) is 5.69 Å². The van der Waals surface area contributed by atoms with E-state index in [0.717, 1.165) is 25.9 Å². The number of aryl methyl sites for hydroxylation is 1. The van der Waals surface area contributed by atoms with E-state index >= 15 is 0 Å². The predicted molar refractivity (Wildman–Crippen MR) is 129 cm³/mol. The molecular weight excluding hydrogens is 453 g/mol. The molecule has 0 saturated carbocycles. The van der Waals surface area contributed by atoms with Gasteiger partial charge in [0.05, 0.1) is 5.69 Å². The Bertz CT molecular complexity index is 1240. The molecule has 5 nitrogen and oxygen atoms in total. The van der Waals surface area contributed by atoms with Crippen LogP contribution in [0.5, 0.6) is 0 Å². The van der Waals surface area contributed by atoms with Crippen LogP contribution in [0, 0.1) is 13.8 Å². The van der Waals surface area contributed by atoms with Crippen molar-refractivity contribution in [3.05, 3.63) is 76.1 Å². The van der Waals surface area contributed by atoms with Gasteiger partial charge in [-0.3, -0.25) is 4.79 Å². The van der Waals surface area contributed by atoms with E-state index in [1.807, 2.05) is 4.90 Å². The molecule has 0 spiro atoms. The van der Waals surface area contributed by atoms with Gasteiger partial charge in [-0.25, -0.2) is 4.68 Å². The number of carbonyl (C=O) groups excluding carboxylic acids is 1. The van der Waals surface area contributed by atoms with Crippen molar-refractivity contribution >= 4 is 11.6 Å². The second-order valence-electron chi connectivity index (χ2n) is 9.44. The average molecular weight is 483 g/mol. The Labute approximate surface area is 203 Å². The minimum Gasteiger partial charge on any atom is -0.368 e. The number of anilines is 1. The van der Waals surface area contributed by atoms with Gasteiger partial charge in [-0.1, -0.05) is 12.1 Å². The van der Waals surface area contributed by atoms with Crippen molar-refractivity contribution in [1.82, 2.24) is 14.7 Å². The third-order valence-electron chi connectivity index (χ3n) is 7.29. The number of amides is 1. The molecule has 2 aliphatic rings. The Morgan fingerprint density at radius 3 is 2.29 bits per heavy atom. The lowest BCUT2D eigenvalue weighted by atomic mass is 9.95. The number of piperazine rings is 1. The van der Waals surface area contributed by atoms with Crippen molar-refractivity contribution in [3.8, 4) is 5.69 Å². The first kappa shape index (κ1) is 23.5. The fraction of sp³-hybridized carbons (Fsp3) is 0.407. The summed E-state index contributed by atoms with van der Waals surface area (Å²) in [5.41, 5.74) is 4.97. The number of hydrogen-bond donors (Lipinski definition) is 0. The summed E-state index contributed by atoms with van der Waals surface area (Å²) in [6, 6.07) is 13.1. The lowest BCUT2D eigenvalue weighted by Gasteiger charge is -2.37. The zero-order valence-electron chi connectivity index (χ0n) is 20.0. The zero-order valence-corrected chi connectivity index (χ0v) is 20.0. The van der Waals surface area contributed by atoms with Crippen molar-refractivity contribution in [2.75, 3.05) is 31.1 Å². The third kappa shape index (κ3) is 4.42. The molecule has 1 aromatic heterocycles. The molecule has 1 saturated heterocycles. The second kappa shape index (κ2) is 9.06. The summed E-state index contributed by atoms with van der Waals surface area (Å²) >= 11 is 0. The van der Waals surface area contributed by atoms with Crippen LogP contribution in [-0.4, -0.2) is 46.8 Å². The van der Waals surface area contributed by atoms with Crippen LogP contribution in [0.15, 0.2) is 42.5 Å². The van der Waals surface area contributed by atoms with E-state index in [-0.39, 0.29) is 5.91 Å². The number of carbonyl (C=O) groups is 1. The number of halogens is 3. The van der Waals surface area contributed by atoms with Gasteiger partial charge < -0.3 is 9.80 Å². The van der Waals surface area contributed by atoms with Gasteiger partial charge in [-0.05, 0) is 81.0 Å². The monoisotopic (exact) mass is 482 g/mol. The van der Waals surface area contributed by atoms with Crippen LogP contribution >= 0.6 is 0 Å². The van der Waals surface area contributed by atoms with Crippen LogP contribution in [-0.2, 0) is 19.0 Å². The molecule has 2 aromatic carbocycles. The zero-order chi connectivity index (χ0) is 24.7. The van der Waals surface area contributed by atoms with Crippen molar-refractivity contribution in [2.45, 2.75) is 45.7 Å². The summed E-state index contributed by atoms with van der Waals surface area (Å²) in [5, 5.41) is 3.94. The molecule has 1 amide bonds. The number of hydrogen-bond acceptors (Lipinski definition) is 3. The highest BCUT2D eigenvalue weighted by molar-refractivity contribution is 5.94. The van der Waals surface area contributed by atoms with Crippen LogP contribution in [0.3, 0.4) is 0 Å². The molecular formula is C27H29F3N4O. The first-order valence-electron chi connectivity index (χ1n) is 12.1. The molecule has 8 heteroatoms. The van der Waals surface area contributed by atoms with E-state index < -0.39 is 11.9 Å². The summed E-state index contributed by atoms with van der Waals surface area (Å²) in [7, 11) is 0. The minimum atomic E-state index is -4.47. The molecule has 0 atom stereocenters. The fourth-order valence-corrected chi connectivity index (χ4v) is 5.20. The normalized spacial score (nSPS) is 16.4. The van der Waals surface area contributed by atoms with Gasteiger partial charge in [0.15, 0.2) is 5.69 Å². The van der Waals surface area contributed by atoms with E-state index in [9.17, 15) is 18.0 Å². The first-order chi connectivity index (χ1) is 16.7. The predicted octanol–water partition coefficient (Wildman–Crippen LogP) is 5.35. The van der Waals surface area contributed by atoms with E-state index in [4.69, 9.17) is 0 Å². The Kier molecular flexibility index (Phi) is 6.07. The van der Waals surface area contributed by atoms with Crippen molar-refractivity contribution < 1.29 is 18.0 Å². The van der Waals surface area contributed by atoms with Gasteiger partial charge in [-0.2, -0.15) is 18.3 Å². The van der Waals surface area contributed by atoms with E-state index in [0.29, 0.717) is 48.4 Å². The fourth-order valence-electron chi connectivity index (χ4n) is 5.20. The third-order valence-corrected chi connectivity index (χ3v) is 7.29. The molecule has 0 unspecified atom stereocenters. The highest BCUT2D eigenvalue weighted by Gasteiger charge is 2.39. The molecule has 184 valence electrons. The number of benzene rings is 2. The van der Waals surface area contributed by atoms with Gasteiger partial charge in [-0.15, -0.1) is 0 Å². The largest absolute Gasteiger partial charge is 0.435 e. The van der Waals surface area contributed by atoms with Crippen LogP contribution in [0.1, 0.15) is 51.3 Å². The SMILES string of the molecule is Cc1cccc(N2CCN(C(=O)c3ccc(-n4nc(C(F)(F)F)c5c4CCCC5)cc3)CC2)c1C. The summed E-state index contributed by atoms with van der Waals surface area (Å²) in [5.74, 6) is -0.0596. The van der Waals surface area contributed by atoms with Crippen LogP contribution < -0.4 is 4.90 Å². The molecule has 3 aromatic rings. The number of fused-ring (bicyclic) bond motifs is 1.